The fraction of sp³-hybridized carbons (Fsp3) is 0.818. The highest BCUT2D eigenvalue weighted by Crippen LogP contribution is 2.31. The molecule has 84 valence electrons. The number of nitrogens with one attached hydrogen (secondary N) is 1. The summed E-state index contributed by atoms with van der Waals surface area (Å²) in [6.07, 6.45) is 5.20. The molecule has 0 aromatic heterocycles. The molecule has 4 heteroatoms. The topological polar surface area (TPSA) is 69.2 Å². The van der Waals surface area contributed by atoms with E-state index in [9.17, 15) is 14.7 Å². The van der Waals surface area contributed by atoms with E-state index in [1.165, 1.54) is 0 Å². The van der Waals surface area contributed by atoms with Gasteiger partial charge in [0.15, 0.2) is 0 Å². The van der Waals surface area contributed by atoms with Gasteiger partial charge in [0, 0.05) is 23.8 Å². The van der Waals surface area contributed by atoms with Crippen LogP contribution in [0.25, 0.3) is 0 Å². The predicted octanol–water partition coefficient (Wildman–Crippen LogP) is -0.179. The minimum atomic E-state index is -1.06. The van der Waals surface area contributed by atoms with Crippen molar-refractivity contribution in [2.45, 2.75) is 44.6 Å². The SMILES string of the molecule is O=C([O-])[C@H]1CCCC[C@@H]1C(=O)NC1CC1. The Kier molecular flexibility index (Phi) is 2.93. The van der Waals surface area contributed by atoms with Gasteiger partial charge in [0.2, 0.25) is 5.91 Å². The van der Waals surface area contributed by atoms with Crippen LogP contribution in [0.1, 0.15) is 38.5 Å². The molecular formula is C11H16NO3-. The smallest absolute Gasteiger partial charge is 0.223 e. The number of hydrogen-bond acceptors (Lipinski definition) is 3. The van der Waals surface area contributed by atoms with Gasteiger partial charge in [0.05, 0.1) is 0 Å². The van der Waals surface area contributed by atoms with Gasteiger partial charge in [-0.15, -0.1) is 0 Å². The highest BCUT2D eigenvalue weighted by Gasteiger charge is 2.34. The van der Waals surface area contributed by atoms with Gasteiger partial charge in [-0.3, -0.25) is 4.79 Å². The van der Waals surface area contributed by atoms with Gasteiger partial charge in [-0.1, -0.05) is 12.8 Å². The first-order valence-electron chi connectivity index (χ1n) is 5.69. The summed E-state index contributed by atoms with van der Waals surface area (Å²) in [5.41, 5.74) is 0. The maximum atomic E-state index is 11.8. The summed E-state index contributed by atoms with van der Waals surface area (Å²) in [5, 5.41) is 13.8. The lowest BCUT2D eigenvalue weighted by molar-refractivity contribution is -0.314. The van der Waals surface area contributed by atoms with E-state index >= 15 is 0 Å². The molecule has 2 aliphatic carbocycles. The largest absolute Gasteiger partial charge is 0.550 e. The number of hydrogen-bond donors (Lipinski definition) is 1. The van der Waals surface area contributed by atoms with E-state index in [0.717, 1.165) is 25.7 Å². The summed E-state index contributed by atoms with van der Waals surface area (Å²) in [4.78, 5) is 22.6. The minimum absolute atomic E-state index is 0.0774. The third-order valence-corrected chi connectivity index (χ3v) is 3.33. The third-order valence-electron chi connectivity index (χ3n) is 3.33. The lowest BCUT2D eigenvalue weighted by Gasteiger charge is -2.31. The Hall–Kier alpha value is -1.06. The van der Waals surface area contributed by atoms with Crippen LogP contribution in [-0.4, -0.2) is 17.9 Å². The van der Waals surface area contributed by atoms with Gasteiger partial charge in [-0.05, 0) is 25.7 Å². The van der Waals surface area contributed by atoms with Crippen LogP contribution in [0.3, 0.4) is 0 Å². The number of carbonyl (C=O) groups excluding carboxylic acids is 2. The first-order valence-corrected chi connectivity index (χ1v) is 5.69. The van der Waals surface area contributed by atoms with E-state index in [-0.39, 0.29) is 11.8 Å². The first kappa shape index (κ1) is 10.5. The summed E-state index contributed by atoms with van der Waals surface area (Å²) in [6, 6.07) is 0.307. The van der Waals surface area contributed by atoms with Gasteiger partial charge < -0.3 is 15.2 Å². The fourth-order valence-corrected chi connectivity index (χ4v) is 2.26. The predicted molar refractivity (Wildman–Crippen MR) is 51.6 cm³/mol. The van der Waals surface area contributed by atoms with Crippen LogP contribution in [-0.2, 0) is 9.59 Å². The van der Waals surface area contributed by atoms with Crippen molar-refractivity contribution in [2.24, 2.45) is 11.8 Å². The number of carbonyl (C=O) groups is 2. The minimum Gasteiger partial charge on any atom is -0.550 e. The van der Waals surface area contributed by atoms with E-state index < -0.39 is 11.9 Å². The Morgan fingerprint density at radius 3 is 2.13 bits per heavy atom. The molecule has 0 radical (unpaired) electrons. The lowest BCUT2D eigenvalue weighted by Crippen LogP contribution is -2.45. The molecule has 0 saturated heterocycles. The van der Waals surface area contributed by atoms with Gasteiger partial charge >= 0.3 is 0 Å². The molecule has 2 atom stereocenters. The van der Waals surface area contributed by atoms with Crippen molar-refractivity contribution in [2.75, 3.05) is 0 Å². The Morgan fingerprint density at radius 2 is 1.60 bits per heavy atom. The number of carboxylic acid groups (broad SMARTS) is 1. The molecule has 0 aromatic carbocycles. The van der Waals surface area contributed by atoms with Crippen LogP contribution in [0, 0.1) is 11.8 Å². The molecule has 0 aliphatic heterocycles. The van der Waals surface area contributed by atoms with Crippen LogP contribution < -0.4 is 10.4 Å². The number of carboxylic acids is 1. The van der Waals surface area contributed by atoms with Gasteiger partial charge in [0.1, 0.15) is 0 Å². The first-order chi connectivity index (χ1) is 7.18. The number of rotatable bonds is 3. The quantitative estimate of drug-likeness (QED) is 0.702. The average Bonchev–Trinajstić information content (AvgIpc) is 3.01. The number of aliphatic carboxylic acids is 1. The molecular weight excluding hydrogens is 194 g/mol. The van der Waals surface area contributed by atoms with E-state index in [4.69, 9.17) is 0 Å². The zero-order chi connectivity index (χ0) is 10.8. The maximum Gasteiger partial charge on any atom is 0.223 e. The molecule has 15 heavy (non-hydrogen) atoms. The molecule has 2 aliphatic rings. The molecule has 2 fully saturated rings. The van der Waals surface area contributed by atoms with E-state index in [1.807, 2.05) is 0 Å². The van der Waals surface area contributed by atoms with Crippen LogP contribution in [0.5, 0.6) is 0 Å². The van der Waals surface area contributed by atoms with Crippen molar-refractivity contribution in [3.8, 4) is 0 Å². The number of amides is 1. The molecule has 1 N–H and O–H groups in total. The Morgan fingerprint density at radius 1 is 1.00 bits per heavy atom. The van der Waals surface area contributed by atoms with Gasteiger partial charge in [-0.25, -0.2) is 0 Å². The van der Waals surface area contributed by atoms with Crippen LogP contribution in [0.4, 0.5) is 0 Å². The van der Waals surface area contributed by atoms with Crippen molar-refractivity contribution in [1.29, 1.82) is 0 Å². The summed E-state index contributed by atoms with van der Waals surface area (Å²) >= 11 is 0. The molecule has 0 aromatic rings. The van der Waals surface area contributed by atoms with Crippen molar-refractivity contribution in [1.82, 2.24) is 5.32 Å². The average molecular weight is 210 g/mol. The van der Waals surface area contributed by atoms with Crippen molar-refractivity contribution < 1.29 is 14.7 Å². The summed E-state index contributed by atoms with van der Waals surface area (Å²) in [6.45, 7) is 0. The molecule has 0 heterocycles. The molecule has 0 unspecified atom stereocenters. The normalized spacial score (nSPS) is 30.9. The molecule has 0 spiro atoms. The fourth-order valence-electron chi connectivity index (χ4n) is 2.26. The maximum absolute atomic E-state index is 11.8. The van der Waals surface area contributed by atoms with Crippen LogP contribution in [0.2, 0.25) is 0 Å². The highest BCUT2D eigenvalue weighted by atomic mass is 16.4. The van der Waals surface area contributed by atoms with Gasteiger partial charge in [0.25, 0.3) is 0 Å². The monoisotopic (exact) mass is 210 g/mol. The Balaban J connectivity index is 1.96. The third kappa shape index (κ3) is 2.49. The molecule has 1 amide bonds. The molecule has 2 saturated carbocycles. The molecule has 0 bridgehead atoms. The van der Waals surface area contributed by atoms with Crippen molar-refractivity contribution in [3.63, 3.8) is 0 Å². The second kappa shape index (κ2) is 4.21. The second-order valence-electron chi connectivity index (χ2n) is 4.60. The molecule has 4 nitrogen and oxygen atoms in total. The summed E-state index contributed by atoms with van der Waals surface area (Å²) < 4.78 is 0. The zero-order valence-electron chi connectivity index (χ0n) is 8.70. The van der Waals surface area contributed by atoms with E-state index in [1.54, 1.807) is 0 Å². The molecule has 2 rings (SSSR count). The van der Waals surface area contributed by atoms with E-state index in [2.05, 4.69) is 5.32 Å². The van der Waals surface area contributed by atoms with Crippen molar-refractivity contribution in [3.05, 3.63) is 0 Å². The van der Waals surface area contributed by atoms with E-state index in [0.29, 0.717) is 18.9 Å². The Labute approximate surface area is 89.0 Å². The zero-order valence-corrected chi connectivity index (χ0v) is 8.70. The highest BCUT2D eigenvalue weighted by molar-refractivity contribution is 5.84. The second-order valence-corrected chi connectivity index (χ2v) is 4.60. The lowest BCUT2D eigenvalue weighted by atomic mass is 9.78. The summed E-state index contributed by atoms with van der Waals surface area (Å²) in [7, 11) is 0. The van der Waals surface area contributed by atoms with Crippen LogP contribution >= 0.6 is 0 Å². The standard InChI is InChI=1S/C11H17NO3/c13-10(12-7-5-6-7)8-3-1-2-4-9(8)11(14)15/h7-9H,1-6H2,(H,12,13)(H,14,15)/p-1/t8-,9-/m0/s1. The van der Waals surface area contributed by atoms with Crippen LogP contribution in [0.15, 0.2) is 0 Å². The summed E-state index contributed by atoms with van der Waals surface area (Å²) in [5.74, 6) is -2.07. The van der Waals surface area contributed by atoms with Gasteiger partial charge in [-0.2, -0.15) is 0 Å². The Bertz CT molecular complexity index is 273. The van der Waals surface area contributed by atoms with Crippen molar-refractivity contribution >= 4 is 11.9 Å².